The highest BCUT2D eigenvalue weighted by Crippen LogP contribution is 2.37. The molecule has 0 aliphatic heterocycles. The lowest BCUT2D eigenvalue weighted by Crippen LogP contribution is -1.91. The van der Waals surface area contributed by atoms with E-state index in [1.165, 1.54) is 32.7 Å². The predicted molar refractivity (Wildman–Crippen MR) is 151 cm³/mol. The maximum absolute atomic E-state index is 5.12. The molecule has 0 atom stereocenters. The first-order valence-corrected chi connectivity index (χ1v) is 12.2. The Bertz CT molecular complexity index is 1870. The third-order valence-electron chi connectivity index (χ3n) is 6.94. The standard InChI is InChI=1S/C34H22N2/c1-2-8-23(9-3-1)30-20-33(36-32-19-18-24-10-4-7-13-29(24)34(30)32)26-16-14-25(15-17-26)31-22-35-21-27-11-5-6-12-28(27)31/h1-22H. The Morgan fingerprint density at radius 1 is 0.444 bits per heavy atom. The third-order valence-corrected chi connectivity index (χ3v) is 6.94. The highest BCUT2D eigenvalue weighted by Gasteiger charge is 2.13. The summed E-state index contributed by atoms with van der Waals surface area (Å²) in [5.74, 6) is 0. The van der Waals surface area contributed by atoms with Crippen LogP contribution in [-0.2, 0) is 0 Å². The number of fused-ring (bicyclic) bond motifs is 4. The van der Waals surface area contributed by atoms with Crippen molar-refractivity contribution in [2.24, 2.45) is 0 Å². The van der Waals surface area contributed by atoms with E-state index in [0.717, 1.165) is 33.3 Å². The molecular weight excluding hydrogens is 436 g/mol. The lowest BCUT2D eigenvalue weighted by Gasteiger charge is -2.13. The van der Waals surface area contributed by atoms with E-state index in [0.29, 0.717) is 0 Å². The molecule has 0 radical (unpaired) electrons. The summed E-state index contributed by atoms with van der Waals surface area (Å²) in [6.45, 7) is 0. The van der Waals surface area contributed by atoms with Gasteiger partial charge in [-0.3, -0.25) is 4.98 Å². The Morgan fingerprint density at radius 2 is 1.11 bits per heavy atom. The molecule has 7 rings (SSSR count). The van der Waals surface area contributed by atoms with Gasteiger partial charge in [0.1, 0.15) is 0 Å². The van der Waals surface area contributed by atoms with Crippen molar-refractivity contribution in [3.05, 3.63) is 134 Å². The predicted octanol–water partition coefficient (Wildman–Crippen LogP) is 8.94. The normalized spacial score (nSPS) is 11.3. The number of aromatic nitrogens is 2. The van der Waals surface area contributed by atoms with E-state index in [1.807, 2.05) is 12.4 Å². The monoisotopic (exact) mass is 458 g/mol. The minimum atomic E-state index is 0.972. The number of benzene rings is 5. The van der Waals surface area contributed by atoms with E-state index in [4.69, 9.17) is 4.98 Å². The van der Waals surface area contributed by atoms with Gasteiger partial charge >= 0.3 is 0 Å². The van der Waals surface area contributed by atoms with Gasteiger partial charge in [0.05, 0.1) is 11.2 Å². The van der Waals surface area contributed by atoms with Crippen LogP contribution in [0.25, 0.3) is 66.0 Å². The minimum absolute atomic E-state index is 0.972. The molecule has 36 heavy (non-hydrogen) atoms. The average Bonchev–Trinajstić information content (AvgIpc) is 2.96. The van der Waals surface area contributed by atoms with Crippen molar-refractivity contribution < 1.29 is 0 Å². The van der Waals surface area contributed by atoms with Gasteiger partial charge in [0, 0.05) is 34.3 Å². The second kappa shape index (κ2) is 8.44. The van der Waals surface area contributed by atoms with Crippen LogP contribution in [0.1, 0.15) is 0 Å². The van der Waals surface area contributed by atoms with Crippen LogP contribution in [0.3, 0.4) is 0 Å². The summed E-state index contributed by atoms with van der Waals surface area (Å²) in [6.07, 6.45) is 3.87. The summed E-state index contributed by atoms with van der Waals surface area (Å²) >= 11 is 0. The number of rotatable bonds is 3. The molecule has 2 aromatic heterocycles. The Kier molecular flexibility index (Phi) is 4.82. The maximum Gasteiger partial charge on any atom is 0.0722 e. The van der Waals surface area contributed by atoms with E-state index in [1.54, 1.807) is 0 Å². The lowest BCUT2D eigenvalue weighted by atomic mass is 9.94. The first kappa shape index (κ1) is 20.5. The summed E-state index contributed by atoms with van der Waals surface area (Å²) in [4.78, 5) is 9.58. The van der Waals surface area contributed by atoms with Crippen LogP contribution >= 0.6 is 0 Å². The topological polar surface area (TPSA) is 25.8 Å². The Balaban J connectivity index is 1.41. The molecule has 7 aromatic rings. The van der Waals surface area contributed by atoms with Crippen LogP contribution in [0.15, 0.2) is 134 Å². The van der Waals surface area contributed by atoms with Crippen LogP contribution in [0, 0.1) is 0 Å². The quantitative estimate of drug-likeness (QED) is 0.247. The van der Waals surface area contributed by atoms with Crippen molar-refractivity contribution >= 4 is 32.4 Å². The minimum Gasteiger partial charge on any atom is -0.263 e. The molecule has 0 N–H and O–H groups in total. The van der Waals surface area contributed by atoms with E-state index in [2.05, 4.69) is 126 Å². The third kappa shape index (κ3) is 3.43. The van der Waals surface area contributed by atoms with Gasteiger partial charge in [0.15, 0.2) is 0 Å². The van der Waals surface area contributed by atoms with E-state index >= 15 is 0 Å². The zero-order valence-corrected chi connectivity index (χ0v) is 19.6. The average molecular weight is 459 g/mol. The molecule has 0 amide bonds. The van der Waals surface area contributed by atoms with Crippen molar-refractivity contribution in [2.45, 2.75) is 0 Å². The van der Waals surface area contributed by atoms with Gasteiger partial charge in [-0.1, -0.05) is 109 Å². The van der Waals surface area contributed by atoms with E-state index in [-0.39, 0.29) is 0 Å². The number of nitrogens with zero attached hydrogens (tertiary/aromatic N) is 2. The van der Waals surface area contributed by atoms with E-state index in [9.17, 15) is 0 Å². The fraction of sp³-hybridized carbons (Fsp3) is 0. The van der Waals surface area contributed by atoms with Crippen LogP contribution in [0.4, 0.5) is 0 Å². The van der Waals surface area contributed by atoms with Crippen molar-refractivity contribution in [3.8, 4) is 33.5 Å². The fourth-order valence-electron chi connectivity index (χ4n) is 5.17. The van der Waals surface area contributed by atoms with Gasteiger partial charge in [-0.15, -0.1) is 0 Å². The van der Waals surface area contributed by atoms with Crippen LogP contribution in [0.2, 0.25) is 0 Å². The zero-order valence-electron chi connectivity index (χ0n) is 19.6. The molecule has 0 bridgehead atoms. The van der Waals surface area contributed by atoms with Crippen molar-refractivity contribution in [3.63, 3.8) is 0 Å². The van der Waals surface area contributed by atoms with Crippen LogP contribution in [-0.4, -0.2) is 9.97 Å². The molecule has 0 fully saturated rings. The van der Waals surface area contributed by atoms with Gasteiger partial charge in [-0.25, -0.2) is 4.98 Å². The molecule has 0 unspecified atom stereocenters. The molecule has 5 aromatic carbocycles. The summed E-state index contributed by atoms with van der Waals surface area (Å²) in [5.41, 5.74) is 7.77. The van der Waals surface area contributed by atoms with Gasteiger partial charge in [0.25, 0.3) is 0 Å². The number of pyridine rings is 2. The Labute approximate surface area is 209 Å². The van der Waals surface area contributed by atoms with Crippen molar-refractivity contribution in [2.75, 3.05) is 0 Å². The van der Waals surface area contributed by atoms with Crippen LogP contribution in [0.5, 0.6) is 0 Å². The summed E-state index contributed by atoms with van der Waals surface area (Å²) in [5, 5.41) is 6.01. The SMILES string of the molecule is c1ccc(-c2cc(-c3ccc(-c4cncc5ccccc45)cc3)nc3ccc4ccccc4c23)cc1. The number of hydrogen-bond acceptors (Lipinski definition) is 2. The molecule has 0 aliphatic carbocycles. The number of hydrogen-bond donors (Lipinski definition) is 0. The van der Waals surface area contributed by atoms with Gasteiger partial charge < -0.3 is 0 Å². The second-order valence-corrected chi connectivity index (χ2v) is 9.09. The molecular formula is C34H22N2. The van der Waals surface area contributed by atoms with Crippen molar-refractivity contribution in [1.82, 2.24) is 9.97 Å². The maximum atomic E-state index is 5.12. The summed E-state index contributed by atoms with van der Waals surface area (Å²) in [7, 11) is 0. The Morgan fingerprint density at radius 3 is 1.94 bits per heavy atom. The van der Waals surface area contributed by atoms with Gasteiger partial charge in [-0.2, -0.15) is 0 Å². The second-order valence-electron chi connectivity index (χ2n) is 9.09. The smallest absolute Gasteiger partial charge is 0.0722 e. The molecule has 2 heteroatoms. The summed E-state index contributed by atoms with van der Waals surface area (Å²) in [6, 6.07) is 42.8. The lowest BCUT2D eigenvalue weighted by molar-refractivity contribution is 1.36. The van der Waals surface area contributed by atoms with E-state index < -0.39 is 0 Å². The highest BCUT2D eigenvalue weighted by atomic mass is 14.7. The zero-order chi connectivity index (χ0) is 23.9. The molecule has 2 nitrogen and oxygen atoms in total. The first-order valence-electron chi connectivity index (χ1n) is 12.2. The molecule has 0 aliphatic rings. The molecule has 168 valence electrons. The molecule has 0 saturated heterocycles. The fourth-order valence-corrected chi connectivity index (χ4v) is 5.17. The molecule has 0 saturated carbocycles. The Hall–Kier alpha value is -4.82. The van der Waals surface area contributed by atoms with Gasteiger partial charge in [0.2, 0.25) is 0 Å². The molecule has 0 spiro atoms. The summed E-state index contributed by atoms with van der Waals surface area (Å²) < 4.78 is 0. The van der Waals surface area contributed by atoms with Crippen LogP contribution < -0.4 is 0 Å². The largest absolute Gasteiger partial charge is 0.263 e. The first-order chi connectivity index (χ1) is 17.8. The van der Waals surface area contributed by atoms with Crippen molar-refractivity contribution in [1.29, 1.82) is 0 Å². The van der Waals surface area contributed by atoms with Gasteiger partial charge in [-0.05, 0) is 45.0 Å². The highest BCUT2D eigenvalue weighted by molar-refractivity contribution is 6.13. The molecule has 2 heterocycles.